The highest BCUT2D eigenvalue weighted by atomic mass is 32.1. The molecule has 0 fully saturated rings. The molecule has 0 saturated carbocycles. The number of anilines is 1. The average molecular weight is 535 g/mol. The van der Waals surface area contributed by atoms with Crippen molar-refractivity contribution in [2.75, 3.05) is 26.2 Å². The van der Waals surface area contributed by atoms with Gasteiger partial charge in [0.05, 0.1) is 38.6 Å². The highest BCUT2D eigenvalue weighted by molar-refractivity contribution is 7.17. The molecule has 1 aliphatic rings. The molecule has 4 aromatic rings. The van der Waals surface area contributed by atoms with Crippen molar-refractivity contribution in [3.63, 3.8) is 0 Å². The smallest absolute Gasteiger partial charge is 0.350 e. The lowest BCUT2D eigenvalue weighted by Gasteiger charge is -2.24. The number of amides is 1. The zero-order valence-corrected chi connectivity index (χ0v) is 21.6. The van der Waals surface area contributed by atoms with Gasteiger partial charge in [-0.3, -0.25) is 14.5 Å². The van der Waals surface area contributed by atoms with Gasteiger partial charge in [-0.2, -0.15) is 0 Å². The third-order valence-corrected chi connectivity index (χ3v) is 7.33. The minimum atomic E-state index is -1.06. The minimum absolute atomic E-state index is 0.0789. The van der Waals surface area contributed by atoms with Gasteiger partial charge in [0, 0.05) is 5.39 Å². The number of nitrogens with zero attached hydrogens (tertiary/aromatic N) is 2. The molecular formula is C27H22N2O8S. The zero-order chi connectivity index (χ0) is 27.1. The second-order valence-corrected chi connectivity index (χ2v) is 9.31. The summed E-state index contributed by atoms with van der Waals surface area (Å²) in [7, 11) is 4.25. The SMILES string of the molecule is COC(=O)c1sc(N2C(=O)C(O)=C(C(=O)c3cc4cccc(OC)c4o3)[C@@H]2c2ccc(OC)cc2)nc1C. The topological polar surface area (TPSA) is 128 Å². The molecule has 38 heavy (non-hydrogen) atoms. The van der Waals surface area contributed by atoms with E-state index >= 15 is 0 Å². The molecule has 1 aliphatic heterocycles. The van der Waals surface area contributed by atoms with E-state index in [0.717, 1.165) is 11.3 Å². The number of aliphatic hydroxyl groups is 1. The third kappa shape index (κ3) is 3.97. The number of hydrogen-bond acceptors (Lipinski definition) is 10. The lowest BCUT2D eigenvalue weighted by atomic mass is 9.95. The number of hydrogen-bond donors (Lipinski definition) is 1. The molecule has 0 aliphatic carbocycles. The van der Waals surface area contributed by atoms with Crippen molar-refractivity contribution in [3.05, 3.63) is 81.8 Å². The Labute approximate surface area is 220 Å². The van der Waals surface area contributed by atoms with Crippen LogP contribution in [0.5, 0.6) is 11.5 Å². The molecule has 2 aromatic carbocycles. The quantitative estimate of drug-likeness (QED) is 0.263. The molecule has 5 rings (SSSR count). The number of methoxy groups -OCH3 is 3. The van der Waals surface area contributed by atoms with Gasteiger partial charge in [-0.1, -0.05) is 35.6 Å². The van der Waals surface area contributed by atoms with Crippen LogP contribution in [0, 0.1) is 6.92 Å². The fraction of sp³-hybridized carbons (Fsp3) is 0.185. The molecule has 1 amide bonds. The number of furan rings is 1. The number of esters is 1. The summed E-state index contributed by atoms with van der Waals surface area (Å²) in [5, 5.41) is 11.8. The monoisotopic (exact) mass is 534 g/mol. The van der Waals surface area contributed by atoms with Gasteiger partial charge < -0.3 is 23.7 Å². The number of carbonyl (C=O) groups is 3. The number of ether oxygens (including phenoxy) is 3. The van der Waals surface area contributed by atoms with Crippen LogP contribution < -0.4 is 14.4 Å². The fourth-order valence-electron chi connectivity index (χ4n) is 4.35. The molecule has 2 aromatic heterocycles. The standard InChI is InChI=1S/C27H22N2O8S/c1-13-24(26(33)36-4)38-27(28-13)29-20(14-8-10-16(34-2)11-9-14)19(22(31)25(29)32)21(30)18-12-15-6-5-7-17(35-3)23(15)37-18/h5-12,20,31H,1-4H3/t20-/m0/s1. The van der Waals surface area contributed by atoms with Crippen LogP contribution in [-0.4, -0.2) is 49.1 Å². The van der Waals surface area contributed by atoms with Crippen LogP contribution in [-0.2, 0) is 9.53 Å². The van der Waals surface area contributed by atoms with Crippen molar-refractivity contribution in [1.82, 2.24) is 4.98 Å². The molecule has 0 bridgehead atoms. The van der Waals surface area contributed by atoms with Crippen LogP contribution in [0.3, 0.4) is 0 Å². The summed E-state index contributed by atoms with van der Waals surface area (Å²) < 4.78 is 21.2. The lowest BCUT2D eigenvalue weighted by molar-refractivity contribution is -0.117. The van der Waals surface area contributed by atoms with Crippen molar-refractivity contribution in [2.24, 2.45) is 0 Å². The Morgan fingerprint density at radius 1 is 1.08 bits per heavy atom. The van der Waals surface area contributed by atoms with Crippen molar-refractivity contribution < 1.29 is 38.1 Å². The first kappa shape index (κ1) is 25.0. The Morgan fingerprint density at radius 2 is 1.82 bits per heavy atom. The normalized spacial score (nSPS) is 15.3. The maximum absolute atomic E-state index is 13.8. The number of para-hydroxylation sites is 1. The number of aryl methyl sites for hydroxylation is 1. The van der Waals surface area contributed by atoms with Crippen LogP contribution >= 0.6 is 11.3 Å². The molecule has 3 heterocycles. The first-order chi connectivity index (χ1) is 18.3. The summed E-state index contributed by atoms with van der Waals surface area (Å²) >= 11 is 0.925. The number of rotatable bonds is 7. The average Bonchev–Trinajstić information content (AvgIpc) is 3.61. The first-order valence-corrected chi connectivity index (χ1v) is 12.2. The van der Waals surface area contributed by atoms with Gasteiger partial charge in [0.1, 0.15) is 10.6 Å². The zero-order valence-electron chi connectivity index (χ0n) is 20.8. The van der Waals surface area contributed by atoms with Gasteiger partial charge in [0.2, 0.25) is 5.78 Å². The molecule has 10 nitrogen and oxygen atoms in total. The predicted octanol–water partition coefficient (Wildman–Crippen LogP) is 4.78. The number of fused-ring (bicyclic) bond motifs is 1. The summed E-state index contributed by atoms with van der Waals surface area (Å²) in [5.74, 6) is -1.95. The molecule has 11 heteroatoms. The summed E-state index contributed by atoms with van der Waals surface area (Å²) in [6.45, 7) is 1.61. The van der Waals surface area contributed by atoms with Gasteiger partial charge in [-0.15, -0.1) is 0 Å². The summed E-state index contributed by atoms with van der Waals surface area (Å²) in [5.41, 5.74) is 1.03. The molecule has 0 radical (unpaired) electrons. The van der Waals surface area contributed by atoms with Gasteiger partial charge in [0.25, 0.3) is 5.91 Å². The number of ketones is 1. The molecule has 1 N–H and O–H groups in total. The van der Waals surface area contributed by atoms with E-state index in [1.54, 1.807) is 49.4 Å². The maximum Gasteiger partial charge on any atom is 0.350 e. The Hall–Kier alpha value is -4.64. The summed E-state index contributed by atoms with van der Waals surface area (Å²) in [6.07, 6.45) is 0. The molecule has 194 valence electrons. The van der Waals surface area contributed by atoms with Crippen LogP contribution in [0.4, 0.5) is 5.13 Å². The van der Waals surface area contributed by atoms with E-state index in [1.165, 1.54) is 32.3 Å². The Balaban J connectivity index is 1.65. The van der Waals surface area contributed by atoms with Crippen molar-refractivity contribution in [1.29, 1.82) is 0 Å². The van der Waals surface area contributed by atoms with Gasteiger partial charge in [-0.05, 0) is 36.8 Å². The summed E-state index contributed by atoms with van der Waals surface area (Å²) in [6, 6.07) is 12.4. The van der Waals surface area contributed by atoms with Crippen LogP contribution in [0.2, 0.25) is 0 Å². The van der Waals surface area contributed by atoms with Crippen LogP contribution in [0.15, 0.2) is 64.3 Å². The maximum atomic E-state index is 13.8. The minimum Gasteiger partial charge on any atom is -0.503 e. The van der Waals surface area contributed by atoms with Crippen LogP contribution in [0.1, 0.15) is 37.5 Å². The second-order valence-electron chi connectivity index (χ2n) is 8.33. The molecule has 0 spiro atoms. The predicted molar refractivity (Wildman–Crippen MR) is 138 cm³/mol. The molecule has 1 atom stereocenters. The number of Topliss-reactive ketones (excluding diaryl/α,β-unsaturated/α-hetero) is 1. The van der Waals surface area contributed by atoms with Crippen LogP contribution in [0.25, 0.3) is 11.0 Å². The summed E-state index contributed by atoms with van der Waals surface area (Å²) in [4.78, 5) is 45.3. The Morgan fingerprint density at radius 3 is 2.47 bits per heavy atom. The molecule has 0 saturated heterocycles. The van der Waals surface area contributed by atoms with E-state index in [1.807, 2.05) is 0 Å². The Bertz CT molecular complexity index is 1620. The third-order valence-electron chi connectivity index (χ3n) is 6.20. The van der Waals surface area contributed by atoms with E-state index in [4.69, 9.17) is 18.6 Å². The number of carbonyl (C=O) groups excluding carboxylic acids is 3. The fourth-order valence-corrected chi connectivity index (χ4v) is 5.36. The number of aromatic nitrogens is 1. The van der Waals surface area contributed by atoms with Gasteiger partial charge in [0.15, 0.2) is 28.0 Å². The number of aliphatic hydroxyl groups excluding tert-OH is 1. The van der Waals surface area contributed by atoms with Gasteiger partial charge in [-0.25, -0.2) is 9.78 Å². The lowest BCUT2D eigenvalue weighted by Crippen LogP contribution is -2.31. The number of thiazole rings is 1. The van der Waals surface area contributed by atoms with E-state index < -0.39 is 29.5 Å². The second kappa shape index (κ2) is 9.67. The van der Waals surface area contributed by atoms with Crippen molar-refractivity contribution >= 4 is 45.1 Å². The van der Waals surface area contributed by atoms with E-state index in [-0.39, 0.29) is 21.3 Å². The van der Waals surface area contributed by atoms with Crippen molar-refractivity contribution in [3.8, 4) is 11.5 Å². The van der Waals surface area contributed by atoms with E-state index in [2.05, 4.69) is 4.98 Å². The molecular weight excluding hydrogens is 512 g/mol. The molecule has 0 unspecified atom stereocenters. The highest BCUT2D eigenvalue weighted by Gasteiger charge is 2.47. The highest BCUT2D eigenvalue weighted by Crippen LogP contribution is 2.44. The van der Waals surface area contributed by atoms with Gasteiger partial charge >= 0.3 is 5.97 Å². The first-order valence-electron chi connectivity index (χ1n) is 11.4. The largest absolute Gasteiger partial charge is 0.503 e. The van der Waals surface area contributed by atoms with E-state index in [9.17, 15) is 19.5 Å². The van der Waals surface area contributed by atoms with Crippen molar-refractivity contribution in [2.45, 2.75) is 13.0 Å². The Kier molecular flexibility index (Phi) is 6.37. The number of benzene rings is 2. The van der Waals surface area contributed by atoms with E-state index in [0.29, 0.717) is 33.7 Å².